The number of hydrogen-bond acceptors (Lipinski definition) is 1. The molecule has 0 aromatic heterocycles. The highest BCUT2D eigenvalue weighted by molar-refractivity contribution is 5.31. The molecule has 1 nitrogen and oxygen atoms in total. The highest BCUT2D eigenvalue weighted by Crippen LogP contribution is 2.38. The van der Waals surface area contributed by atoms with Gasteiger partial charge in [-0.25, -0.2) is 0 Å². The third-order valence-corrected chi connectivity index (χ3v) is 3.92. The van der Waals surface area contributed by atoms with E-state index in [-0.39, 0.29) is 0 Å². The lowest BCUT2D eigenvalue weighted by Crippen LogP contribution is -2.21. The van der Waals surface area contributed by atoms with Crippen molar-refractivity contribution in [2.45, 2.75) is 50.5 Å². The van der Waals surface area contributed by atoms with Crippen molar-refractivity contribution >= 4 is 0 Å². The minimum atomic E-state index is -0.728. The van der Waals surface area contributed by atoms with Crippen molar-refractivity contribution in [3.8, 4) is 0 Å². The van der Waals surface area contributed by atoms with E-state index in [2.05, 4.69) is 24.8 Å². The highest BCUT2D eigenvalue weighted by atomic mass is 16.3. The molecule has 1 aromatic carbocycles. The molecule has 0 spiro atoms. The Kier molecular flexibility index (Phi) is 3.68. The maximum Gasteiger partial charge on any atom is 0.0871 e. The van der Waals surface area contributed by atoms with Crippen molar-refractivity contribution in [1.29, 1.82) is 0 Å². The summed E-state index contributed by atoms with van der Waals surface area (Å²) in [4.78, 5) is 0. The second-order valence-corrected chi connectivity index (χ2v) is 5.35. The predicted octanol–water partition coefficient (Wildman–Crippen LogP) is 4.13. The summed E-state index contributed by atoms with van der Waals surface area (Å²) in [5, 5.41) is 10.5. The lowest BCUT2D eigenvalue weighted by molar-refractivity contribution is 0.0487. The normalized spacial score (nSPS) is 19.4. The fraction of sp³-hybridized carbons (Fsp3) is 0.500. The van der Waals surface area contributed by atoms with Crippen molar-refractivity contribution in [1.82, 2.24) is 0 Å². The minimum absolute atomic E-state index is 0.727. The molecule has 1 aliphatic rings. The molecule has 17 heavy (non-hydrogen) atoms. The van der Waals surface area contributed by atoms with Crippen molar-refractivity contribution in [2.24, 2.45) is 0 Å². The summed E-state index contributed by atoms with van der Waals surface area (Å²) < 4.78 is 0. The molecular formula is C16H22O. The summed E-state index contributed by atoms with van der Waals surface area (Å²) >= 11 is 0. The second-order valence-electron chi connectivity index (χ2n) is 5.35. The van der Waals surface area contributed by atoms with E-state index in [4.69, 9.17) is 0 Å². The molecule has 1 atom stereocenters. The first-order valence-electron chi connectivity index (χ1n) is 6.57. The molecule has 2 rings (SSSR count). The smallest absolute Gasteiger partial charge is 0.0871 e. The third kappa shape index (κ3) is 2.78. The van der Waals surface area contributed by atoms with Gasteiger partial charge in [0, 0.05) is 0 Å². The number of aliphatic hydroxyl groups is 1. The lowest BCUT2D eigenvalue weighted by atomic mass is 9.78. The van der Waals surface area contributed by atoms with E-state index in [1.165, 1.54) is 24.8 Å². The Balaban J connectivity index is 2.16. The van der Waals surface area contributed by atoms with Crippen LogP contribution in [0, 0.1) is 0 Å². The van der Waals surface area contributed by atoms with E-state index in [1.807, 2.05) is 19.1 Å². The molecule has 1 aromatic rings. The molecule has 1 heteroatoms. The Hall–Kier alpha value is -1.08. The van der Waals surface area contributed by atoms with E-state index >= 15 is 0 Å². The van der Waals surface area contributed by atoms with Gasteiger partial charge >= 0.3 is 0 Å². The van der Waals surface area contributed by atoms with Gasteiger partial charge in [-0.05, 0) is 49.7 Å². The third-order valence-electron chi connectivity index (χ3n) is 3.92. The first-order chi connectivity index (χ1) is 8.13. The van der Waals surface area contributed by atoms with Crippen LogP contribution in [0.5, 0.6) is 0 Å². The lowest BCUT2D eigenvalue weighted by Gasteiger charge is -2.29. The van der Waals surface area contributed by atoms with Gasteiger partial charge in [0.15, 0.2) is 0 Å². The SMILES string of the molecule is C=CCCC(C)(O)c1cccc(C2CCC2)c1. The molecule has 1 aliphatic carbocycles. The van der Waals surface area contributed by atoms with Crippen molar-refractivity contribution in [3.05, 3.63) is 48.0 Å². The molecule has 0 amide bonds. The van der Waals surface area contributed by atoms with Gasteiger partial charge in [0.05, 0.1) is 5.60 Å². The topological polar surface area (TPSA) is 20.2 Å². The van der Waals surface area contributed by atoms with Crippen LogP contribution in [0.15, 0.2) is 36.9 Å². The maximum absolute atomic E-state index is 10.5. The molecule has 1 fully saturated rings. The Morgan fingerprint density at radius 3 is 2.82 bits per heavy atom. The maximum atomic E-state index is 10.5. The van der Waals surface area contributed by atoms with Crippen LogP contribution in [0.25, 0.3) is 0 Å². The summed E-state index contributed by atoms with van der Waals surface area (Å²) in [6.07, 6.45) is 7.41. The van der Waals surface area contributed by atoms with E-state index in [1.54, 1.807) is 0 Å². The van der Waals surface area contributed by atoms with Crippen LogP contribution >= 0.6 is 0 Å². The van der Waals surface area contributed by atoms with Gasteiger partial charge in [0.2, 0.25) is 0 Å². The zero-order chi connectivity index (χ0) is 12.3. The molecule has 0 saturated heterocycles. The van der Waals surface area contributed by atoms with Crippen LogP contribution < -0.4 is 0 Å². The van der Waals surface area contributed by atoms with Gasteiger partial charge in [-0.2, -0.15) is 0 Å². The van der Waals surface area contributed by atoms with Crippen LogP contribution in [0.3, 0.4) is 0 Å². The number of allylic oxidation sites excluding steroid dienone is 1. The molecule has 1 N–H and O–H groups in total. The van der Waals surface area contributed by atoms with Gasteiger partial charge in [0.25, 0.3) is 0 Å². The van der Waals surface area contributed by atoms with Gasteiger partial charge in [-0.1, -0.05) is 36.8 Å². The van der Waals surface area contributed by atoms with E-state index in [0.29, 0.717) is 0 Å². The van der Waals surface area contributed by atoms with Crippen LogP contribution in [0.2, 0.25) is 0 Å². The second kappa shape index (κ2) is 5.05. The molecule has 0 bridgehead atoms. The first kappa shape index (κ1) is 12.4. The van der Waals surface area contributed by atoms with Crippen molar-refractivity contribution < 1.29 is 5.11 Å². The van der Waals surface area contributed by atoms with Gasteiger partial charge in [0.1, 0.15) is 0 Å². The van der Waals surface area contributed by atoms with Crippen LogP contribution in [0.4, 0.5) is 0 Å². The zero-order valence-electron chi connectivity index (χ0n) is 10.7. The monoisotopic (exact) mass is 230 g/mol. The summed E-state index contributed by atoms with van der Waals surface area (Å²) in [5.74, 6) is 0.727. The molecule has 0 radical (unpaired) electrons. The first-order valence-corrected chi connectivity index (χ1v) is 6.57. The van der Waals surface area contributed by atoms with E-state index in [9.17, 15) is 5.11 Å². The number of hydrogen-bond donors (Lipinski definition) is 1. The van der Waals surface area contributed by atoms with Gasteiger partial charge in [-0.3, -0.25) is 0 Å². The molecule has 1 saturated carbocycles. The Morgan fingerprint density at radius 2 is 2.24 bits per heavy atom. The Labute approximate surface area is 104 Å². The van der Waals surface area contributed by atoms with Crippen molar-refractivity contribution in [3.63, 3.8) is 0 Å². The fourth-order valence-corrected chi connectivity index (χ4v) is 2.40. The Morgan fingerprint density at radius 1 is 1.47 bits per heavy atom. The largest absolute Gasteiger partial charge is 0.385 e. The van der Waals surface area contributed by atoms with Gasteiger partial charge in [-0.15, -0.1) is 6.58 Å². The van der Waals surface area contributed by atoms with Crippen LogP contribution in [-0.2, 0) is 5.60 Å². The fourth-order valence-electron chi connectivity index (χ4n) is 2.40. The molecule has 0 aliphatic heterocycles. The molecular weight excluding hydrogens is 208 g/mol. The average Bonchev–Trinajstić information content (AvgIpc) is 2.25. The number of benzene rings is 1. The molecule has 1 unspecified atom stereocenters. The standard InChI is InChI=1S/C16H22O/c1-3-4-11-16(2,17)15-10-6-9-14(12-15)13-7-5-8-13/h3,6,9-10,12-13,17H,1,4-5,7-8,11H2,2H3. The summed E-state index contributed by atoms with van der Waals surface area (Å²) in [6.45, 7) is 5.61. The average molecular weight is 230 g/mol. The quantitative estimate of drug-likeness (QED) is 0.754. The summed E-state index contributed by atoms with van der Waals surface area (Å²) in [5.41, 5.74) is 1.71. The van der Waals surface area contributed by atoms with E-state index in [0.717, 1.165) is 24.3 Å². The minimum Gasteiger partial charge on any atom is -0.385 e. The van der Waals surface area contributed by atoms with Gasteiger partial charge < -0.3 is 5.11 Å². The predicted molar refractivity (Wildman–Crippen MR) is 72.0 cm³/mol. The Bertz CT molecular complexity index is 388. The highest BCUT2D eigenvalue weighted by Gasteiger charge is 2.25. The molecule has 0 heterocycles. The summed E-state index contributed by atoms with van der Waals surface area (Å²) in [7, 11) is 0. The summed E-state index contributed by atoms with van der Waals surface area (Å²) in [6, 6.07) is 8.49. The van der Waals surface area contributed by atoms with Crippen molar-refractivity contribution in [2.75, 3.05) is 0 Å². The van der Waals surface area contributed by atoms with Crippen LogP contribution in [0.1, 0.15) is 56.1 Å². The zero-order valence-corrected chi connectivity index (χ0v) is 10.7. The number of rotatable bonds is 5. The van der Waals surface area contributed by atoms with Crippen LogP contribution in [-0.4, -0.2) is 5.11 Å². The molecule has 92 valence electrons. The van der Waals surface area contributed by atoms with E-state index < -0.39 is 5.60 Å².